The lowest BCUT2D eigenvalue weighted by atomic mass is 9.99. The number of hydrogen-bond acceptors (Lipinski definition) is 3. The lowest BCUT2D eigenvalue weighted by Gasteiger charge is -2.36. The van der Waals surface area contributed by atoms with Gasteiger partial charge in [0.05, 0.1) is 0 Å². The average Bonchev–Trinajstić information content (AvgIpc) is 2.38. The Labute approximate surface area is 107 Å². The van der Waals surface area contributed by atoms with Gasteiger partial charge in [-0.15, -0.1) is 0 Å². The highest BCUT2D eigenvalue weighted by molar-refractivity contribution is 4.79. The minimum absolute atomic E-state index is 0.767. The van der Waals surface area contributed by atoms with Gasteiger partial charge in [-0.2, -0.15) is 0 Å². The molecule has 1 N–H and O–H groups in total. The van der Waals surface area contributed by atoms with Crippen LogP contribution in [-0.4, -0.2) is 62.2 Å². The number of likely N-dealkylation sites (tertiary alicyclic amines) is 2. The van der Waals surface area contributed by atoms with Crippen LogP contribution >= 0.6 is 0 Å². The molecule has 17 heavy (non-hydrogen) atoms. The highest BCUT2D eigenvalue weighted by Gasteiger charge is 2.21. The van der Waals surface area contributed by atoms with Gasteiger partial charge in [-0.3, -0.25) is 0 Å². The minimum Gasteiger partial charge on any atom is -0.317 e. The monoisotopic (exact) mass is 239 g/mol. The second-order valence-corrected chi connectivity index (χ2v) is 5.82. The topological polar surface area (TPSA) is 18.5 Å². The van der Waals surface area contributed by atoms with Gasteiger partial charge in [0.2, 0.25) is 0 Å². The molecular weight excluding hydrogens is 210 g/mol. The van der Waals surface area contributed by atoms with Crippen LogP contribution in [0, 0.1) is 0 Å². The van der Waals surface area contributed by atoms with Crippen molar-refractivity contribution in [2.45, 2.75) is 50.6 Å². The lowest BCUT2D eigenvalue weighted by molar-refractivity contribution is 0.139. The largest absolute Gasteiger partial charge is 0.317 e. The Morgan fingerprint density at radius 3 is 2.47 bits per heavy atom. The standard InChI is InChI=1S/C14H29N3/c1-15-13-6-10-17(11-7-13)12-8-14-5-3-4-9-16(14)2/h13-15H,3-12H2,1-2H3. The van der Waals surface area contributed by atoms with E-state index in [1.807, 2.05) is 0 Å². The molecule has 2 fully saturated rings. The van der Waals surface area contributed by atoms with Gasteiger partial charge in [0.15, 0.2) is 0 Å². The zero-order chi connectivity index (χ0) is 12.1. The summed E-state index contributed by atoms with van der Waals surface area (Å²) in [5.74, 6) is 0. The highest BCUT2D eigenvalue weighted by Crippen LogP contribution is 2.19. The van der Waals surface area contributed by atoms with Crippen LogP contribution in [-0.2, 0) is 0 Å². The van der Waals surface area contributed by atoms with E-state index < -0.39 is 0 Å². The van der Waals surface area contributed by atoms with Crippen molar-refractivity contribution in [2.24, 2.45) is 0 Å². The van der Waals surface area contributed by atoms with Crippen LogP contribution in [0.25, 0.3) is 0 Å². The molecule has 1 unspecified atom stereocenters. The molecule has 0 aromatic carbocycles. The number of nitrogens with one attached hydrogen (secondary N) is 1. The molecule has 0 radical (unpaired) electrons. The summed E-state index contributed by atoms with van der Waals surface area (Å²) in [6, 6.07) is 1.62. The normalized spacial score (nSPS) is 29.6. The molecule has 3 heteroatoms. The van der Waals surface area contributed by atoms with Crippen LogP contribution < -0.4 is 5.32 Å². The maximum atomic E-state index is 3.40. The van der Waals surface area contributed by atoms with Crippen LogP contribution in [0.1, 0.15) is 38.5 Å². The first-order valence-electron chi connectivity index (χ1n) is 7.39. The fourth-order valence-electron chi connectivity index (χ4n) is 3.29. The molecule has 3 nitrogen and oxygen atoms in total. The van der Waals surface area contributed by atoms with E-state index in [0.717, 1.165) is 12.1 Å². The molecule has 0 aliphatic carbocycles. The summed E-state index contributed by atoms with van der Waals surface area (Å²) in [5, 5.41) is 3.40. The molecule has 0 amide bonds. The van der Waals surface area contributed by atoms with Gasteiger partial charge in [0.25, 0.3) is 0 Å². The minimum atomic E-state index is 0.767. The van der Waals surface area contributed by atoms with E-state index in [0.29, 0.717) is 0 Å². The molecule has 0 aromatic rings. The number of nitrogens with zero attached hydrogens (tertiary/aromatic N) is 2. The van der Waals surface area contributed by atoms with Crippen molar-refractivity contribution in [3.63, 3.8) is 0 Å². The average molecular weight is 239 g/mol. The molecule has 0 saturated carbocycles. The first-order valence-corrected chi connectivity index (χ1v) is 7.39. The van der Waals surface area contributed by atoms with Gasteiger partial charge in [-0.25, -0.2) is 0 Å². The zero-order valence-corrected chi connectivity index (χ0v) is 11.6. The molecule has 2 heterocycles. The quantitative estimate of drug-likeness (QED) is 0.803. The van der Waals surface area contributed by atoms with E-state index in [-0.39, 0.29) is 0 Å². The summed E-state index contributed by atoms with van der Waals surface area (Å²) >= 11 is 0. The Morgan fingerprint density at radius 1 is 1.06 bits per heavy atom. The molecule has 0 bridgehead atoms. The fraction of sp³-hybridized carbons (Fsp3) is 1.00. The van der Waals surface area contributed by atoms with Crippen molar-refractivity contribution in [1.82, 2.24) is 15.1 Å². The Bertz CT molecular complexity index is 212. The molecule has 1 atom stereocenters. The highest BCUT2D eigenvalue weighted by atomic mass is 15.2. The summed E-state index contributed by atoms with van der Waals surface area (Å²) in [6.45, 7) is 5.21. The van der Waals surface area contributed by atoms with Crippen LogP contribution in [0.4, 0.5) is 0 Å². The molecule has 2 saturated heterocycles. The Morgan fingerprint density at radius 2 is 1.82 bits per heavy atom. The summed E-state index contributed by atoms with van der Waals surface area (Å²) in [7, 11) is 4.40. The maximum Gasteiger partial charge on any atom is 0.0104 e. The molecule has 100 valence electrons. The first kappa shape index (κ1) is 13.3. The van der Waals surface area contributed by atoms with Crippen molar-refractivity contribution < 1.29 is 0 Å². The number of rotatable bonds is 4. The summed E-state index contributed by atoms with van der Waals surface area (Å²) in [6.07, 6.45) is 8.30. The van der Waals surface area contributed by atoms with E-state index in [9.17, 15) is 0 Å². The molecule has 2 aliphatic rings. The Balaban J connectivity index is 1.65. The number of hydrogen-bond donors (Lipinski definition) is 1. The molecule has 2 aliphatic heterocycles. The maximum absolute atomic E-state index is 3.40. The smallest absolute Gasteiger partial charge is 0.0104 e. The van der Waals surface area contributed by atoms with E-state index in [1.54, 1.807) is 0 Å². The van der Waals surface area contributed by atoms with E-state index in [2.05, 4.69) is 29.2 Å². The summed E-state index contributed by atoms with van der Waals surface area (Å²) in [4.78, 5) is 5.24. The molecular formula is C14H29N3. The van der Waals surface area contributed by atoms with Gasteiger partial charge in [0, 0.05) is 12.1 Å². The third-order valence-electron chi connectivity index (χ3n) is 4.70. The van der Waals surface area contributed by atoms with Crippen molar-refractivity contribution >= 4 is 0 Å². The fourth-order valence-corrected chi connectivity index (χ4v) is 3.29. The third kappa shape index (κ3) is 3.94. The first-order chi connectivity index (χ1) is 8.29. The molecule has 2 rings (SSSR count). The van der Waals surface area contributed by atoms with Crippen molar-refractivity contribution in [3.8, 4) is 0 Å². The van der Waals surface area contributed by atoms with Gasteiger partial charge < -0.3 is 15.1 Å². The third-order valence-corrected chi connectivity index (χ3v) is 4.70. The molecule has 0 spiro atoms. The molecule has 0 aromatic heterocycles. The van der Waals surface area contributed by atoms with Crippen molar-refractivity contribution in [2.75, 3.05) is 40.3 Å². The van der Waals surface area contributed by atoms with Crippen LogP contribution in [0.5, 0.6) is 0 Å². The van der Waals surface area contributed by atoms with E-state index in [1.165, 1.54) is 64.7 Å². The van der Waals surface area contributed by atoms with Crippen molar-refractivity contribution in [3.05, 3.63) is 0 Å². The lowest BCUT2D eigenvalue weighted by Crippen LogP contribution is -2.44. The Hall–Kier alpha value is -0.120. The zero-order valence-electron chi connectivity index (χ0n) is 11.6. The Kier molecular flexibility index (Phi) is 5.26. The SMILES string of the molecule is CNC1CCN(CCC2CCCCN2C)CC1. The van der Waals surface area contributed by atoms with Gasteiger partial charge >= 0.3 is 0 Å². The second kappa shape index (κ2) is 6.72. The second-order valence-electron chi connectivity index (χ2n) is 5.82. The van der Waals surface area contributed by atoms with Gasteiger partial charge in [-0.05, 0) is 72.4 Å². The van der Waals surface area contributed by atoms with Crippen LogP contribution in [0.15, 0.2) is 0 Å². The summed E-state index contributed by atoms with van der Waals surface area (Å²) < 4.78 is 0. The predicted molar refractivity (Wildman–Crippen MR) is 73.4 cm³/mol. The van der Waals surface area contributed by atoms with Crippen molar-refractivity contribution in [1.29, 1.82) is 0 Å². The van der Waals surface area contributed by atoms with E-state index >= 15 is 0 Å². The summed E-state index contributed by atoms with van der Waals surface area (Å²) in [5.41, 5.74) is 0. The number of piperidine rings is 2. The predicted octanol–water partition coefficient (Wildman–Crippen LogP) is 1.54. The van der Waals surface area contributed by atoms with E-state index in [4.69, 9.17) is 0 Å². The van der Waals surface area contributed by atoms with Crippen LogP contribution in [0.2, 0.25) is 0 Å². The van der Waals surface area contributed by atoms with Gasteiger partial charge in [0.1, 0.15) is 0 Å². The van der Waals surface area contributed by atoms with Gasteiger partial charge in [-0.1, -0.05) is 6.42 Å². The van der Waals surface area contributed by atoms with Crippen LogP contribution in [0.3, 0.4) is 0 Å².